The van der Waals surface area contributed by atoms with Crippen LogP contribution < -0.4 is 5.32 Å². The molecule has 0 bridgehead atoms. The lowest BCUT2D eigenvalue weighted by Gasteiger charge is -2.40. The first-order valence-electron chi connectivity index (χ1n) is 29.9. The number of nitrogens with one attached hydrogen (secondary N) is 1. The molecular formula is C61H111NO10. The Morgan fingerprint density at radius 3 is 1.49 bits per heavy atom. The highest BCUT2D eigenvalue weighted by Gasteiger charge is 2.44. The molecule has 6 N–H and O–H groups in total. The van der Waals surface area contributed by atoms with Gasteiger partial charge in [0.15, 0.2) is 6.29 Å². The number of unbranched alkanes of at least 4 members (excludes halogenated alkanes) is 31. The Kier molecular flexibility index (Phi) is 47.7. The van der Waals surface area contributed by atoms with Gasteiger partial charge in [0.25, 0.3) is 0 Å². The Labute approximate surface area is 440 Å². The summed E-state index contributed by atoms with van der Waals surface area (Å²) in [7, 11) is 0. The van der Waals surface area contributed by atoms with Gasteiger partial charge < -0.3 is 45.1 Å². The monoisotopic (exact) mass is 1020 g/mol. The van der Waals surface area contributed by atoms with Gasteiger partial charge in [-0.3, -0.25) is 9.59 Å². The fourth-order valence-electron chi connectivity index (χ4n) is 9.13. The average molecular weight is 1020 g/mol. The van der Waals surface area contributed by atoms with Crippen LogP contribution in [0.3, 0.4) is 0 Å². The van der Waals surface area contributed by atoms with Crippen LogP contribution in [0.15, 0.2) is 48.6 Å². The zero-order valence-electron chi connectivity index (χ0n) is 46.1. The number of rotatable bonds is 51. The minimum Gasteiger partial charge on any atom is -0.466 e. The number of carbonyl (C=O) groups excluding carboxylic acids is 2. The second kappa shape index (κ2) is 50.8. The molecule has 7 unspecified atom stereocenters. The maximum absolute atomic E-state index is 13.0. The molecule has 1 heterocycles. The third-order valence-corrected chi connectivity index (χ3v) is 13.9. The largest absolute Gasteiger partial charge is 0.466 e. The predicted octanol–water partition coefficient (Wildman–Crippen LogP) is 13.7. The van der Waals surface area contributed by atoms with Gasteiger partial charge in [0.2, 0.25) is 5.91 Å². The van der Waals surface area contributed by atoms with Crippen molar-refractivity contribution in [2.24, 2.45) is 0 Å². The molecule has 0 saturated carbocycles. The van der Waals surface area contributed by atoms with Gasteiger partial charge in [0.1, 0.15) is 24.4 Å². The molecule has 1 fully saturated rings. The first kappa shape index (κ1) is 67.6. The SMILES string of the molecule is CCCCC/C=C/CC/C=C/C(O)C(COC1OC(CO)C(O)C(O)C1O)NC(=O)CCCCCCCCC/C=C\C/C=C\CCCCCCCCCCCOC(=O)CCCCCCCCCCCCCC. The molecule has 11 heteroatoms. The van der Waals surface area contributed by atoms with Crippen molar-refractivity contribution in [1.82, 2.24) is 5.32 Å². The van der Waals surface area contributed by atoms with Crippen LogP contribution in [0.5, 0.6) is 0 Å². The van der Waals surface area contributed by atoms with Crippen LogP contribution in [0.2, 0.25) is 0 Å². The second-order valence-corrected chi connectivity index (χ2v) is 20.7. The first-order chi connectivity index (χ1) is 35.2. The third kappa shape index (κ3) is 40.0. The van der Waals surface area contributed by atoms with E-state index in [1.54, 1.807) is 6.08 Å². The van der Waals surface area contributed by atoms with E-state index in [9.17, 15) is 35.1 Å². The van der Waals surface area contributed by atoms with Crippen molar-refractivity contribution in [2.45, 2.75) is 307 Å². The number of ether oxygens (including phenoxy) is 3. The quantitative estimate of drug-likeness (QED) is 0.0195. The van der Waals surface area contributed by atoms with Crippen molar-refractivity contribution >= 4 is 11.9 Å². The van der Waals surface area contributed by atoms with Crippen molar-refractivity contribution < 1.29 is 49.3 Å². The molecular weight excluding hydrogens is 907 g/mol. The Hall–Kier alpha value is -2.38. The number of aliphatic hydroxyl groups excluding tert-OH is 5. The molecule has 11 nitrogen and oxygen atoms in total. The minimum absolute atomic E-state index is 0.00512. The smallest absolute Gasteiger partial charge is 0.305 e. The van der Waals surface area contributed by atoms with Gasteiger partial charge in [0, 0.05) is 12.8 Å². The maximum Gasteiger partial charge on any atom is 0.305 e. The molecule has 0 spiro atoms. The number of aliphatic hydroxyl groups is 5. The zero-order valence-corrected chi connectivity index (χ0v) is 46.1. The molecule has 1 saturated heterocycles. The summed E-state index contributed by atoms with van der Waals surface area (Å²) in [6, 6.07) is -0.834. The van der Waals surface area contributed by atoms with Crippen molar-refractivity contribution in [3.8, 4) is 0 Å². The molecule has 1 amide bonds. The van der Waals surface area contributed by atoms with Crippen molar-refractivity contribution in [2.75, 3.05) is 19.8 Å². The maximum atomic E-state index is 13.0. The van der Waals surface area contributed by atoms with E-state index in [0.29, 0.717) is 19.4 Å². The van der Waals surface area contributed by atoms with E-state index in [1.807, 2.05) is 6.08 Å². The van der Waals surface area contributed by atoms with Crippen LogP contribution in [0.25, 0.3) is 0 Å². The summed E-state index contributed by atoms with van der Waals surface area (Å²) in [4.78, 5) is 25.0. The Bertz CT molecular complexity index is 1340. The van der Waals surface area contributed by atoms with Crippen LogP contribution in [-0.4, -0.2) is 100 Å². The lowest BCUT2D eigenvalue weighted by molar-refractivity contribution is -0.302. The molecule has 0 radical (unpaired) electrons. The summed E-state index contributed by atoms with van der Waals surface area (Å²) < 4.78 is 16.6. The summed E-state index contributed by atoms with van der Waals surface area (Å²) in [5, 5.41) is 54.1. The van der Waals surface area contributed by atoms with Crippen LogP contribution in [0.4, 0.5) is 0 Å². The standard InChI is InChI=1S/C61H111NO10/c1-3-5-7-9-11-13-14-29-33-37-41-45-49-57(66)70-50-46-42-38-34-30-27-25-23-21-19-17-15-16-18-20-22-24-26-28-32-36-40-44-48-56(65)62-53(54(64)47-43-39-35-31-12-10-8-6-4-2)52-71-61-60(69)59(68)58(67)55(51-63)72-61/h12,15,17-18,20,31,43,47,53-55,58-61,63-64,67-69H,3-11,13-14,16,19,21-30,32-42,44-46,48-52H2,1-2H3,(H,62,65)/b17-15-,20-18-,31-12+,47-43+. The van der Waals surface area contributed by atoms with Gasteiger partial charge in [-0.15, -0.1) is 0 Å². The molecule has 0 aromatic carbocycles. The average Bonchev–Trinajstić information content (AvgIpc) is 3.38. The molecule has 7 atom stereocenters. The number of allylic oxidation sites excluding steroid dienone is 7. The topological polar surface area (TPSA) is 175 Å². The Morgan fingerprint density at radius 1 is 0.514 bits per heavy atom. The van der Waals surface area contributed by atoms with Crippen LogP contribution in [0, 0.1) is 0 Å². The van der Waals surface area contributed by atoms with Crippen molar-refractivity contribution in [3.05, 3.63) is 48.6 Å². The van der Waals surface area contributed by atoms with E-state index >= 15 is 0 Å². The number of amides is 1. The van der Waals surface area contributed by atoms with Gasteiger partial charge in [-0.2, -0.15) is 0 Å². The van der Waals surface area contributed by atoms with Crippen molar-refractivity contribution in [1.29, 1.82) is 0 Å². The molecule has 72 heavy (non-hydrogen) atoms. The van der Waals surface area contributed by atoms with E-state index < -0.39 is 49.5 Å². The highest BCUT2D eigenvalue weighted by Crippen LogP contribution is 2.23. The number of hydrogen-bond donors (Lipinski definition) is 6. The Morgan fingerprint density at radius 2 is 0.944 bits per heavy atom. The van der Waals surface area contributed by atoms with Crippen LogP contribution in [0.1, 0.15) is 264 Å². The predicted molar refractivity (Wildman–Crippen MR) is 297 cm³/mol. The van der Waals surface area contributed by atoms with Gasteiger partial charge in [-0.25, -0.2) is 0 Å². The Balaban J connectivity index is 2.04. The second-order valence-electron chi connectivity index (χ2n) is 20.7. The minimum atomic E-state index is -1.58. The molecule has 1 aliphatic heterocycles. The first-order valence-corrected chi connectivity index (χ1v) is 29.9. The molecule has 420 valence electrons. The molecule has 1 rings (SSSR count). The van der Waals surface area contributed by atoms with Crippen molar-refractivity contribution in [3.63, 3.8) is 0 Å². The number of esters is 1. The van der Waals surface area contributed by atoms with Gasteiger partial charge in [-0.1, -0.05) is 223 Å². The lowest BCUT2D eigenvalue weighted by Crippen LogP contribution is -2.60. The van der Waals surface area contributed by atoms with Gasteiger partial charge in [-0.05, 0) is 77.0 Å². The van der Waals surface area contributed by atoms with E-state index in [4.69, 9.17) is 14.2 Å². The van der Waals surface area contributed by atoms with Crippen LogP contribution >= 0.6 is 0 Å². The fourth-order valence-corrected chi connectivity index (χ4v) is 9.13. The summed E-state index contributed by atoms with van der Waals surface area (Å²) in [6.45, 7) is 4.26. The zero-order chi connectivity index (χ0) is 52.4. The molecule has 0 aromatic rings. The van der Waals surface area contributed by atoms with E-state index in [0.717, 1.165) is 83.5 Å². The summed E-state index contributed by atoms with van der Waals surface area (Å²) >= 11 is 0. The van der Waals surface area contributed by atoms with Crippen LogP contribution in [-0.2, 0) is 23.8 Å². The summed E-state index contributed by atoms with van der Waals surface area (Å²) in [6.07, 6.45) is 53.7. The number of hydrogen-bond acceptors (Lipinski definition) is 10. The van der Waals surface area contributed by atoms with Gasteiger partial charge >= 0.3 is 5.97 Å². The normalized spacial score (nSPS) is 19.3. The van der Waals surface area contributed by atoms with E-state index in [-0.39, 0.29) is 18.5 Å². The highest BCUT2D eigenvalue weighted by atomic mass is 16.7. The highest BCUT2D eigenvalue weighted by molar-refractivity contribution is 5.76. The molecule has 1 aliphatic rings. The fraction of sp³-hybridized carbons (Fsp3) is 0.836. The lowest BCUT2D eigenvalue weighted by atomic mass is 9.99. The summed E-state index contributed by atoms with van der Waals surface area (Å²) in [5.74, 6) is -0.211. The molecule has 0 aliphatic carbocycles. The van der Waals surface area contributed by atoms with E-state index in [1.165, 1.54) is 154 Å². The molecule has 0 aromatic heterocycles. The van der Waals surface area contributed by atoms with Gasteiger partial charge in [0.05, 0.1) is 32.0 Å². The number of carbonyl (C=O) groups is 2. The summed E-state index contributed by atoms with van der Waals surface area (Å²) in [5.41, 5.74) is 0. The third-order valence-electron chi connectivity index (χ3n) is 13.9. The van der Waals surface area contributed by atoms with E-state index in [2.05, 4.69) is 55.6 Å².